The molecule has 0 fully saturated rings. The van der Waals surface area contributed by atoms with Crippen molar-refractivity contribution in [2.24, 2.45) is 0 Å². The highest BCUT2D eigenvalue weighted by molar-refractivity contribution is 7.79. The van der Waals surface area contributed by atoms with Crippen LogP contribution in [0.15, 0.2) is 18.2 Å². The van der Waals surface area contributed by atoms with Gasteiger partial charge in [0.15, 0.2) is 11.1 Å². The van der Waals surface area contributed by atoms with Crippen LogP contribution >= 0.6 is 0 Å². The minimum atomic E-state index is -4.62. The van der Waals surface area contributed by atoms with Crippen molar-refractivity contribution in [1.82, 2.24) is 4.57 Å². The van der Waals surface area contributed by atoms with Crippen molar-refractivity contribution in [2.45, 2.75) is 26.1 Å². The molecule has 0 saturated heterocycles. The Morgan fingerprint density at radius 3 is 2.61 bits per heavy atom. The summed E-state index contributed by atoms with van der Waals surface area (Å²) in [5.41, 5.74) is -0.349. The molecule has 0 aliphatic carbocycles. The molecule has 1 aromatic carbocycles. The molecule has 0 aliphatic rings. The standard InChI is InChI=1S/C15H15F3N2O2S/c1-9-6-12-13(20(9)10(2)8-22-23(3)21)5-4-11(7-19)14(12)15(16,17)18/h4-6,10H,8H2,1-3H3. The summed E-state index contributed by atoms with van der Waals surface area (Å²) in [6.07, 6.45) is -3.23. The molecule has 0 N–H and O–H groups in total. The normalized spacial score (nSPS) is 14.7. The fraction of sp³-hybridized carbons (Fsp3) is 0.400. The van der Waals surface area contributed by atoms with E-state index in [2.05, 4.69) is 0 Å². The van der Waals surface area contributed by atoms with E-state index >= 15 is 0 Å². The fourth-order valence-corrected chi connectivity index (χ4v) is 3.07. The van der Waals surface area contributed by atoms with E-state index in [1.807, 2.05) is 0 Å². The van der Waals surface area contributed by atoms with Gasteiger partial charge in [-0.2, -0.15) is 18.4 Å². The number of aryl methyl sites for hydroxylation is 1. The summed E-state index contributed by atoms with van der Waals surface area (Å²) in [6, 6.07) is 5.38. The van der Waals surface area contributed by atoms with Crippen LogP contribution in [0.3, 0.4) is 0 Å². The van der Waals surface area contributed by atoms with Gasteiger partial charge >= 0.3 is 6.18 Å². The number of benzene rings is 1. The Balaban J connectivity index is 2.65. The molecule has 0 amide bonds. The monoisotopic (exact) mass is 344 g/mol. The number of halogens is 3. The molecule has 124 valence electrons. The molecule has 0 saturated carbocycles. The molecule has 0 bridgehead atoms. The first kappa shape index (κ1) is 17.5. The fourth-order valence-electron chi connectivity index (χ4n) is 2.69. The Kier molecular flexibility index (Phi) is 4.82. The molecule has 0 aliphatic heterocycles. The van der Waals surface area contributed by atoms with Crippen molar-refractivity contribution in [2.75, 3.05) is 12.9 Å². The number of alkyl halides is 3. The van der Waals surface area contributed by atoms with Gasteiger partial charge in [0.25, 0.3) is 0 Å². The van der Waals surface area contributed by atoms with Crippen molar-refractivity contribution in [1.29, 1.82) is 5.26 Å². The number of hydrogen-bond acceptors (Lipinski definition) is 3. The second kappa shape index (κ2) is 6.34. The molecule has 2 aromatic rings. The third-order valence-electron chi connectivity index (χ3n) is 3.54. The predicted molar refractivity (Wildman–Crippen MR) is 81.1 cm³/mol. The molecule has 1 heterocycles. The van der Waals surface area contributed by atoms with Crippen LogP contribution in [0, 0.1) is 18.3 Å². The van der Waals surface area contributed by atoms with Crippen LogP contribution in [0.5, 0.6) is 0 Å². The topological polar surface area (TPSA) is 55.0 Å². The van der Waals surface area contributed by atoms with Crippen molar-refractivity contribution in [3.63, 3.8) is 0 Å². The molecule has 2 atom stereocenters. The predicted octanol–water partition coefficient (Wildman–Crippen LogP) is 3.71. The lowest BCUT2D eigenvalue weighted by atomic mass is 10.0. The zero-order valence-electron chi connectivity index (χ0n) is 12.8. The van der Waals surface area contributed by atoms with Gasteiger partial charge in [-0.05, 0) is 32.0 Å². The highest BCUT2D eigenvalue weighted by atomic mass is 32.2. The van der Waals surface area contributed by atoms with Crippen LogP contribution in [0.2, 0.25) is 0 Å². The average molecular weight is 344 g/mol. The number of nitrogens with zero attached hydrogens (tertiary/aromatic N) is 2. The second-order valence-corrected chi connectivity index (χ2v) is 6.26. The molecular formula is C15H15F3N2O2S. The average Bonchev–Trinajstić information content (AvgIpc) is 2.77. The molecule has 2 rings (SSSR count). The van der Waals surface area contributed by atoms with Gasteiger partial charge in [0, 0.05) is 22.9 Å². The highest BCUT2D eigenvalue weighted by Crippen LogP contribution is 2.39. The Labute approximate surface area is 134 Å². The van der Waals surface area contributed by atoms with Crippen LogP contribution in [0.4, 0.5) is 13.2 Å². The van der Waals surface area contributed by atoms with E-state index in [1.54, 1.807) is 24.5 Å². The van der Waals surface area contributed by atoms with Gasteiger partial charge in [0.2, 0.25) is 0 Å². The van der Waals surface area contributed by atoms with E-state index < -0.39 is 28.4 Å². The SMILES string of the molecule is Cc1cc2c(C(F)(F)F)c(C#N)ccc2n1C(C)COS(C)=O. The van der Waals surface area contributed by atoms with Gasteiger partial charge in [0.1, 0.15) is 0 Å². The van der Waals surface area contributed by atoms with Gasteiger partial charge in [-0.15, -0.1) is 0 Å². The summed E-state index contributed by atoms with van der Waals surface area (Å²) >= 11 is -1.45. The molecule has 2 unspecified atom stereocenters. The molecular weight excluding hydrogens is 329 g/mol. The Morgan fingerprint density at radius 2 is 2.09 bits per heavy atom. The third kappa shape index (κ3) is 3.41. The zero-order chi connectivity index (χ0) is 17.4. The molecule has 1 aromatic heterocycles. The van der Waals surface area contributed by atoms with Crippen molar-refractivity contribution in [3.8, 4) is 6.07 Å². The molecule has 0 radical (unpaired) electrons. The molecule has 0 spiro atoms. The first-order chi connectivity index (χ1) is 10.7. The second-order valence-electron chi connectivity index (χ2n) is 5.22. The summed E-state index contributed by atoms with van der Waals surface area (Å²) in [7, 11) is 0. The number of nitriles is 1. The first-order valence-corrected chi connectivity index (χ1v) is 8.23. The van der Waals surface area contributed by atoms with Crippen LogP contribution < -0.4 is 0 Å². The van der Waals surface area contributed by atoms with E-state index in [4.69, 9.17) is 9.44 Å². The van der Waals surface area contributed by atoms with Gasteiger partial charge in [0.05, 0.1) is 29.8 Å². The third-order valence-corrected chi connectivity index (χ3v) is 4.00. The lowest BCUT2D eigenvalue weighted by molar-refractivity contribution is -0.136. The zero-order valence-corrected chi connectivity index (χ0v) is 13.6. The van der Waals surface area contributed by atoms with Crippen molar-refractivity contribution >= 4 is 22.0 Å². The molecule has 4 nitrogen and oxygen atoms in total. The van der Waals surface area contributed by atoms with Crippen LogP contribution in [-0.2, 0) is 21.4 Å². The number of fused-ring (bicyclic) bond motifs is 1. The molecule has 23 heavy (non-hydrogen) atoms. The maximum Gasteiger partial charge on any atom is 0.418 e. The Bertz CT molecular complexity index is 806. The highest BCUT2D eigenvalue weighted by Gasteiger charge is 2.36. The smallest absolute Gasteiger partial charge is 0.340 e. The summed E-state index contributed by atoms with van der Waals surface area (Å²) in [6.45, 7) is 3.56. The Hall–Kier alpha value is -1.85. The summed E-state index contributed by atoms with van der Waals surface area (Å²) < 4.78 is 57.8. The Morgan fingerprint density at radius 1 is 1.43 bits per heavy atom. The van der Waals surface area contributed by atoms with E-state index in [9.17, 15) is 17.4 Å². The lowest BCUT2D eigenvalue weighted by Gasteiger charge is -2.17. The maximum atomic E-state index is 13.3. The summed E-state index contributed by atoms with van der Waals surface area (Å²) in [4.78, 5) is 0. The van der Waals surface area contributed by atoms with E-state index in [0.29, 0.717) is 11.2 Å². The number of rotatable bonds is 4. The summed E-state index contributed by atoms with van der Waals surface area (Å²) in [5, 5.41) is 8.95. The minimum absolute atomic E-state index is 0.0153. The maximum absolute atomic E-state index is 13.3. The van der Waals surface area contributed by atoms with Gasteiger partial charge in [-0.3, -0.25) is 4.18 Å². The van der Waals surface area contributed by atoms with Crippen molar-refractivity contribution in [3.05, 3.63) is 35.0 Å². The lowest BCUT2D eigenvalue weighted by Crippen LogP contribution is -2.14. The van der Waals surface area contributed by atoms with Gasteiger partial charge in [-0.25, -0.2) is 4.21 Å². The molecule has 8 heteroatoms. The van der Waals surface area contributed by atoms with Crippen molar-refractivity contribution < 1.29 is 21.6 Å². The first-order valence-electron chi connectivity index (χ1n) is 6.75. The number of aromatic nitrogens is 1. The van der Waals surface area contributed by atoms with Crippen LogP contribution in [0.25, 0.3) is 10.9 Å². The minimum Gasteiger partial charge on any atom is -0.340 e. The van der Waals surface area contributed by atoms with Crippen LogP contribution in [-0.4, -0.2) is 21.6 Å². The van der Waals surface area contributed by atoms with E-state index in [0.717, 1.165) is 0 Å². The summed E-state index contributed by atoms with van der Waals surface area (Å²) in [5.74, 6) is 0. The van der Waals surface area contributed by atoms with Gasteiger partial charge in [-0.1, -0.05) is 0 Å². The van der Waals surface area contributed by atoms with Crippen LogP contribution in [0.1, 0.15) is 29.8 Å². The number of hydrogen-bond donors (Lipinski definition) is 0. The van der Waals surface area contributed by atoms with E-state index in [-0.39, 0.29) is 18.0 Å². The largest absolute Gasteiger partial charge is 0.418 e. The van der Waals surface area contributed by atoms with E-state index in [1.165, 1.54) is 24.5 Å². The quantitative estimate of drug-likeness (QED) is 0.849. The van der Waals surface area contributed by atoms with Gasteiger partial charge < -0.3 is 4.57 Å².